The van der Waals surface area contributed by atoms with Crippen molar-refractivity contribution in [3.63, 3.8) is 0 Å². The molecule has 0 radical (unpaired) electrons. The van der Waals surface area contributed by atoms with E-state index in [-0.39, 0.29) is 12.5 Å². The van der Waals surface area contributed by atoms with Crippen molar-refractivity contribution in [2.24, 2.45) is 0 Å². The van der Waals surface area contributed by atoms with Crippen LogP contribution in [0.15, 0.2) is 66.0 Å². The molecule has 8 heteroatoms. The van der Waals surface area contributed by atoms with Crippen LogP contribution >= 0.6 is 11.3 Å². The summed E-state index contributed by atoms with van der Waals surface area (Å²) < 4.78 is 5.44. The van der Waals surface area contributed by atoms with E-state index in [4.69, 9.17) is 4.74 Å². The quantitative estimate of drug-likeness (QED) is 0.506. The van der Waals surface area contributed by atoms with E-state index in [1.807, 2.05) is 48.5 Å². The van der Waals surface area contributed by atoms with Gasteiger partial charge in [-0.3, -0.25) is 4.79 Å². The molecule has 0 bridgehead atoms. The molecule has 0 aliphatic heterocycles. The van der Waals surface area contributed by atoms with E-state index in [9.17, 15) is 19.5 Å². The van der Waals surface area contributed by atoms with Gasteiger partial charge in [-0.05, 0) is 40.6 Å². The molecule has 1 heterocycles. The van der Waals surface area contributed by atoms with Gasteiger partial charge in [-0.15, -0.1) is 11.3 Å². The lowest BCUT2D eigenvalue weighted by molar-refractivity contribution is -0.142. The average Bonchev–Trinajstić information content (AvgIpc) is 3.42. The number of carboxylic acid groups (broad SMARTS) is 1. The standard InChI is InChI=1S/C24H22N2O5S/c1-14(22(27)26-21(23(28)29)20-11-6-12-32-20)25-24(30)31-13-19-17-9-4-2-7-15(17)16-8-3-5-10-18(16)19/h2-12,14,19,21H,13H2,1H3,(H,25,30)(H,26,27)(H,28,29)/t14-,21?/m1/s1. The van der Waals surface area contributed by atoms with Gasteiger partial charge in [0.1, 0.15) is 12.6 Å². The number of carbonyl (C=O) groups excluding carboxylic acids is 2. The van der Waals surface area contributed by atoms with Gasteiger partial charge in [0.25, 0.3) is 0 Å². The molecular formula is C24H22N2O5S. The molecule has 2 amide bonds. The zero-order valence-electron chi connectivity index (χ0n) is 17.3. The first-order valence-electron chi connectivity index (χ1n) is 10.1. The second-order valence-electron chi connectivity index (χ2n) is 7.49. The van der Waals surface area contributed by atoms with Crippen LogP contribution in [0.3, 0.4) is 0 Å². The monoisotopic (exact) mass is 450 g/mol. The lowest BCUT2D eigenvalue weighted by atomic mass is 9.98. The Bertz CT molecular complexity index is 1100. The number of hydrogen-bond acceptors (Lipinski definition) is 5. The Balaban J connectivity index is 1.36. The fraction of sp³-hybridized carbons (Fsp3) is 0.208. The maximum Gasteiger partial charge on any atom is 0.407 e. The summed E-state index contributed by atoms with van der Waals surface area (Å²) in [6.45, 7) is 1.60. The number of aliphatic carboxylic acids is 1. The fourth-order valence-corrected chi connectivity index (χ4v) is 4.63. The van der Waals surface area contributed by atoms with Crippen LogP contribution in [0, 0.1) is 0 Å². The van der Waals surface area contributed by atoms with Crippen molar-refractivity contribution >= 4 is 29.3 Å². The van der Waals surface area contributed by atoms with E-state index in [2.05, 4.69) is 10.6 Å². The maximum absolute atomic E-state index is 12.4. The minimum absolute atomic E-state index is 0.0903. The number of nitrogens with one attached hydrogen (secondary N) is 2. The average molecular weight is 451 g/mol. The number of rotatable bonds is 7. The van der Waals surface area contributed by atoms with E-state index in [0.717, 1.165) is 22.3 Å². The van der Waals surface area contributed by atoms with Crippen molar-refractivity contribution in [3.05, 3.63) is 82.0 Å². The molecule has 7 nitrogen and oxygen atoms in total. The van der Waals surface area contributed by atoms with Crippen LogP contribution in [0.2, 0.25) is 0 Å². The molecule has 32 heavy (non-hydrogen) atoms. The summed E-state index contributed by atoms with van der Waals surface area (Å²) in [5.74, 6) is -1.87. The zero-order valence-corrected chi connectivity index (χ0v) is 18.1. The summed E-state index contributed by atoms with van der Waals surface area (Å²) in [6, 6.07) is 17.2. The van der Waals surface area contributed by atoms with Crippen LogP contribution < -0.4 is 10.6 Å². The highest BCUT2D eigenvalue weighted by Gasteiger charge is 2.30. The molecule has 1 aliphatic rings. The highest BCUT2D eigenvalue weighted by Crippen LogP contribution is 2.44. The van der Waals surface area contributed by atoms with Gasteiger partial charge in [0.2, 0.25) is 5.91 Å². The number of alkyl carbamates (subject to hydrolysis) is 1. The summed E-state index contributed by atoms with van der Waals surface area (Å²) in [7, 11) is 0. The van der Waals surface area contributed by atoms with Gasteiger partial charge >= 0.3 is 12.1 Å². The Labute approximate surface area is 189 Å². The molecule has 2 atom stereocenters. The van der Waals surface area contributed by atoms with Crippen molar-refractivity contribution in [1.29, 1.82) is 0 Å². The van der Waals surface area contributed by atoms with Gasteiger partial charge in [0.15, 0.2) is 6.04 Å². The van der Waals surface area contributed by atoms with Gasteiger partial charge in [-0.25, -0.2) is 9.59 Å². The van der Waals surface area contributed by atoms with Crippen LogP contribution in [-0.4, -0.2) is 35.7 Å². The number of amides is 2. The molecule has 3 N–H and O–H groups in total. The summed E-state index contributed by atoms with van der Waals surface area (Å²) >= 11 is 1.23. The molecule has 0 fully saturated rings. The minimum atomic E-state index is -1.17. The normalized spacial score (nSPS) is 14.0. The molecule has 0 spiro atoms. The van der Waals surface area contributed by atoms with Gasteiger partial charge in [-0.1, -0.05) is 54.6 Å². The molecular weight excluding hydrogens is 428 g/mol. The van der Waals surface area contributed by atoms with E-state index >= 15 is 0 Å². The third-order valence-electron chi connectivity index (χ3n) is 5.43. The largest absolute Gasteiger partial charge is 0.479 e. The maximum atomic E-state index is 12.4. The van der Waals surface area contributed by atoms with E-state index in [0.29, 0.717) is 4.88 Å². The van der Waals surface area contributed by atoms with Crippen LogP contribution in [0.4, 0.5) is 4.79 Å². The molecule has 1 unspecified atom stereocenters. The molecule has 0 saturated heterocycles. The molecule has 1 aromatic heterocycles. The molecule has 3 aromatic rings. The topological polar surface area (TPSA) is 105 Å². The number of fused-ring (bicyclic) bond motifs is 3. The van der Waals surface area contributed by atoms with Crippen LogP contribution in [0.1, 0.15) is 34.9 Å². The van der Waals surface area contributed by atoms with Gasteiger partial charge in [0, 0.05) is 10.8 Å². The second kappa shape index (κ2) is 9.23. The summed E-state index contributed by atoms with van der Waals surface area (Å²) in [6.07, 6.45) is -0.738. The number of thiophene rings is 1. The lowest BCUT2D eigenvalue weighted by Crippen LogP contribution is -2.47. The van der Waals surface area contributed by atoms with Gasteiger partial charge in [0.05, 0.1) is 0 Å². The predicted molar refractivity (Wildman–Crippen MR) is 121 cm³/mol. The third-order valence-corrected chi connectivity index (χ3v) is 6.37. The number of carboxylic acids is 1. The number of hydrogen-bond donors (Lipinski definition) is 3. The molecule has 164 valence electrons. The van der Waals surface area contributed by atoms with Crippen molar-refractivity contribution < 1.29 is 24.2 Å². The van der Waals surface area contributed by atoms with Crippen LogP contribution in [0.25, 0.3) is 11.1 Å². The molecule has 2 aromatic carbocycles. The van der Waals surface area contributed by atoms with Crippen molar-refractivity contribution in [3.8, 4) is 11.1 Å². The molecule has 0 saturated carbocycles. The summed E-state index contributed by atoms with van der Waals surface area (Å²) in [5.41, 5.74) is 4.43. The first-order chi connectivity index (χ1) is 15.5. The minimum Gasteiger partial charge on any atom is -0.479 e. The van der Waals surface area contributed by atoms with Crippen molar-refractivity contribution in [2.45, 2.75) is 24.9 Å². The molecule has 1 aliphatic carbocycles. The number of carbonyl (C=O) groups is 3. The highest BCUT2D eigenvalue weighted by molar-refractivity contribution is 7.10. The van der Waals surface area contributed by atoms with Crippen LogP contribution in [-0.2, 0) is 14.3 Å². The van der Waals surface area contributed by atoms with Crippen molar-refractivity contribution in [2.75, 3.05) is 6.61 Å². The van der Waals surface area contributed by atoms with E-state index in [1.165, 1.54) is 18.3 Å². The Kier molecular flexibility index (Phi) is 6.23. The van der Waals surface area contributed by atoms with Crippen LogP contribution in [0.5, 0.6) is 0 Å². The number of benzene rings is 2. The van der Waals surface area contributed by atoms with Gasteiger partial charge < -0.3 is 20.5 Å². The second-order valence-corrected chi connectivity index (χ2v) is 8.47. The SMILES string of the molecule is C[C@@H](NC(=O)OCC1c2ccccc2-c2ccccc21)C(=O)NC(C(=O)O)c1cccs1. The summed E-state index contributed by atoms with van der Waals surface area (Å²) in [4.78, 5) is 36.8. The Hall–Kier alpha value is -3.65. The first-order valence-corrected chi connectivity index (χ1v) is 11.0. The first kappa shape index (κ1) is 21.6. The predicted octanol–water partition coefficient (Wildman–Crippen LogP) is 3.92. The Morgan fingerprint density at radius 1 is 0.969 bits per heavy atom. The highest BCUT2D eigenvalue weighted by atomic mass is 32.1. The lowest BCUT2D eigenvalue weighted by Gasteiger charge is -2.19. The van der Waals surface area contributed by atoms with E-state index < -0.39 is 30.1 Å². The Morgan fingerprint density at radius 2 is 1.59 bits per heavy atom. The van der Waals surface area contributed by atoms with Crippen molar-refractivity contribution in [1.82, 2.24) is 10.6 Å². The Morgan fingerprint density at radius 3 is 2.16 bits per heavy atom. The van der Waals surface area contributed by atoms with E-state index in [1.54, 1.807) is 17.5 Å². The third kappa shape index (κ3) is 4.36. The zero-order chi connectivity index (χ0) is 22.7. The fourth-order valence-electron chi connectivity index (χ4n) is 3.86. The number of ether oxygens (including phenoxy) is 1. The molecule has 4 rings (SSSR count). The summed E-state index contributed by atoms with van der Waals surface area (Å²) in [5, 5.41) is 16.1. The smallest absolute Gasteiger partial charge is 0.407 e. The van der Waals surface area contributed by atoms with Gasteiger partial charge in [-0.2, -0.15) is 0 Å².